The van der Waals surface area contributed by atoms with Crippen LogP contribution in [0.25, 0.3) is 0 Å². The average Bonchev–Trinajstić information content (AvgIpc) is 2.65. The number of para-hydroxylation sites is 2. The van der Waals surface area contributed by atoms with Gasteiger partial charge < -0.3 is 15.2 Å². The minimum absolute atomic E-state index is 0.0144. The van der Waals surface area contributed by atoms with Crippen molar-refractivity contribution in [3.8, 4) is 0 Å². The van der Waals surface area contributed by atoms with Gasteiger partial charge in [0, 0.05) is 18.8 Å². The predicted octanol–water partition coefficient (Wildman–Crippen LogP) is 3.95. The van der Waals surface area contributed by atoms with Gasteiger partial charge in [-0.3, -0.25) is 0 Å². The number of nitrogens with one attached hydrogen (secondary N) is 2. The zero-order chi connectivity index (χ0) is 20.4. The number of unbranched alkanes of at least 4 members (excludes halogenated alkanes) is 1. The number of sulfonamides is 1. The Kier molecular flexibility index (Phi) is 9.50. The standard InChI is InChI=1S/C19H24Cl2N2O4S/c20-16-7-5-8-17(21)19(16)23-18-9-2-1-6-15(18)14-28(25,26)22-10-3-4-12-27-13-11-24/h1-2,5-9,22-24H,3-4,10-14H2. The van der Waals surface area contributed by atoms with E-state index in [2.05, 4.69) is 10.0 Å². The highest BCUT2D eigenvalue weighted by atomic mass is 35.5. The highest BCUT2D eigenvalue weighted by molar-refractivity contribution is 7.88. The molecule has 0 heterocycles. The summed E-state index contributed by atoms with van der Waals surface area (Å²) in [6, 6.07) is 12.3. The Morgan fingerprint density at radius 3 is 2.39 bits per heavy atom. The maximum absolute atomic E-state index is 12.4. The molecule has 2 aromatic carbocycles. The Morgan fingerprint density at radius 2 is 1.68 bits per heavy atom. The van der Waals surface area contributed by atoms with Crippen molar-refractivity contribution in [2.75, 3.05) is 31.7 Å². The van der Waals surface area contributed by atoms with Gasteiger partial charge in [0.1, 0.15) is 0 Å². The van der Waals surface area contributed by atoms with Gasteiger partial charge in [-0.25, -0.2) is 13.1 Å². The quantitative estimate of drug-likeness (QED) is 0.429. The Bertz CT molecular complexity index is 843. The second-order valence-corrected chi connectivity index (χ2v) is 8.70. The summed E-state index contributed by atoms with van der Waals surface area (Å²) in [4.78, 5) is 0. The van der Waals surface area contributed by atoms with E-state index in [4.69, 9.17) is 33.0 Å². The molecule has 0 unspecified atom stereocenters. The van der Waals surface area contributed by atoms with Gasteiger partial charge in [-0.2, -0.15) is 0 Å². The number of halogens is 2. The first kappa shape index (κ1) is 22.9. The van der Waals surface area contributed by atoms with Crippen molar-refractivity contribution < 1.29 is 18.3 Å². The van der Waals surface area contributed by atoms with Crippen LogP contribution in [0.2, 0.25) is 10.0 Å². The molecule has 6 nitrogen and oxygen atoms in total. The summed E-state index contributed by atoms with van der Waals surface area (Å²) in [6.07, 6.45) is 1.37. The largest absolute Gasteiger partial charge is 0.394 e. The van der Waals surface area contributed by atoms with E-state index < -0.39 is 10.0 Å². The second-order valence-electron chi connectivity index (χ2n) is 6.08. The normalized spacial score (nSPS) is 11.5. The van der Waals surface area contributed by atoms with Crippen molar-refractivity contribution in [2.45, 2.75) is 18.6 Å². The van der Waals surface area contributed by atoms with E-state index in [1.165, 1.54) is 0 Å². The molecule has 0 aliphatic carbocycles. The van der Waals surface area contributed by atoms with Crippen molar-refractivity contribution in [2.24, 2.45) is 0 Å². The molecule has 0 aromatic heterocycles. The Hall–Kier alpha value is -1.35. The summed E-state index contributed by atoms with van der Waals surface area (Å²) < 4.78 is 32.6. The summed E-state index contributed by atoms with van der Waals surface area (Å²) >= 11 is 12.4. The molecule has 0 radical (unpaired) electrons. The van der Waals surface area contributed by atoms with Crippen molar-refractivity contribution in [3.63, 3.8) is 0 Å². The maximum Gasteiger partial charge on any atom is 0.215 e. The molecule has 0 fully saturated rings. The number of benzene rings is 2. The number of aliphatic hydroxyl groups excluding tert-OH is 1. The van der Waals surface area contributed by atoms with Crippen LogP contribution in [0.3, 0.4) is 0 Å². The molecule has 154 valence electrons. The van der Waals surface area contributed by atoms with Crippen molar-refractivity contribution in [1.29, 1.82) is 0 Å². The molecule has 28 heavy (non-hydrogen) atoms. The van der Waals surface area contributed by atoms with Gasteiger partial charge in [0.15, 0.2) is 0 Å². The van der Waals surface area contributed by atoms with Gasteiger partial charge in [-0.05, 0) is 36.6 Å². The predicted molar refractivity (Wildman–Crippen MR) is 114 cm³/mol. The van der Waals surface area contributed by atoms with Crippen LogP contribution in [0, 0.1) is 0 Å². The van der Waals surface area contributed by atoms with E-state index in [1.54, 1.807) is 36.4 Å². The van der Waals surface area contributed by atoms with E-state index in [9.17, 15) is 8.42 Å². The summed E-state index contributed by atoms with van der Waals surface area (Å²) in [7, 11) is -3.50. The Balaban J connectivity index is 1.96. The van der Waals surface area contributed by atoms with Crippen LogP contribution >= 0.6 is 23.2 Å². The van der Waals surface area contributed by atoms with Gasteiger partial charge in [0.05, 0.1) is 34.7 Å². The lowest BCUT2D eigenvalue weighted by Crippen LogP contribution is -2.26. The van der Waals surface area contributed by atoms with Crippen LogP contribution in [-0.2, 0) is 20.5 Å². The van der Waals surface area contributed by atoms with Gasteiger partial charge in [-0.1, -0.05) is 47.5 Å². The second kappa shape index (κ2) is 11.6. The van der Waals surface area contributed by atoms with E-state index in [-0.39, 0.29) is 12.4 Å². The Morgan fingerprint density at radius 1 is 0.964 bits per heavy atom. The fourth-order valence-electron chi connectivity index (χ4n) is 2.50. The minimum atomic E-state index is -3.50. The minimum Gasteiger partial charge on any atom is -0.394 e. The molecule has 0 spiro atoms. The number of hydrogen-bond donors (Lipinski definition) is 3. The van der Waals surface area contributed by atoms with Gasteiger partial charge in [0.2, 0.25) is 10.0 Å². The molecule has 9 heteroatoms. The third kappa shape index (κ3) is 7.58. The van der Waals surface area contributed by atoms with Crippen LogP contribution < -0.4 is 10.0 Å². The lowest BCUT2D eigenvalue weighted by Gasteiger charge is -2.15. The monoisotopic (exact) mass is 446 g/mol. The highest BCUT2D eigenvalue weighted by Gasteiger charge is 2.15. The molecule has 0 bridgehead atoms. The molecule has 2 rings (SSSR count). The Labute approximate surface area is 175 Å². The van der Waals surface area contributed by atoms with E-state index in [0.29, 0.717) is 59.6 Å². The van der Waals surface area contributed by atoms with Gasteiger partial charge in [0.25, 0.3) is 0 Å². The zero-order valence-electron chi connectivity index (χ0n) is 15.3. The molecular formula is C19H24Cl2N2O4S. The lowest BCUT2D eigenvalue weighted by molar-refractivity contribution is 0.0900. The van der Waals surface area contributed by atoms with Crippen LogP contribution in [0.1, 0.15) is 18.4 Å². The highest BCUT2D eigenvalue weighted by Crippen LogP contribution is 2.33. The fourth-order valence-corrected chi connectivity index (χ4v) is 4.21. The van der Waals surface area contributed by atoms with Crippen molar-refractivity contribution in [1.82, 2.24) is 4.72 Å². The third-order valence-corrected chi connectivity index (χ3v) is 5.82. The molecular weight excluding hydrogens is 423 g/mol. The maximum atomic E-state index is 12.4. The first-order valence-electron chi connectivity index (χ1n) is 8.88. The number of anilines is 2. The molecule has 0 saturated heterocycles. The molecule has 0 amide bonds. The summed E-state index contributed by atoms with van der Waals surface area (Å²) in [6.45, 7) is 1.11. The van der Waals surface area contributed by atoms with Gasteiger partial charge >= 0.3 is 0 Å². The van der Waals surface area contributed by atoms with Crippen LogP contribution in [0.4, 0.5) is 11.4 Å². The van der Waals surface area contributed by atoms with E-state index >= 15 is 0 Å². The van der Waals surface area contributed by atoms with E-state index in [0.717, 1.165) is 0 Å². The topological polar surface area (TPSA) is 87.7 Å². The molecule has 0 saturated carbocycles. The SMILES string of the molecule is O=S(=O)(Cc1ccccc1Nc1c(Cl)cccc1Cl)NCCCCOCCO. The average molecular weight is 447 g/mol. The molecule has 2 aromatic rings. The summed E-state index contributed by atoms with van der Waals surface area (Å²) in [5.74, 6) is -0.167. The summed E-state index contributed by atoms with van der Waals surface area (Å²) in [5.41, 5.74) is 1.77. The summed E-state index contributed by atoms with van der Waals surface area (Å²) in [5, 5.41) is 12.7. The first-order chi connectivity index (χ1) is 13.4. The third-order valence-electron chi connectivity index (χ3n) is 3.86. The number of aliphatic hydroxyl groups is 1. The first-order valence-corrected chi connectivity index (χ1v) is 11.3. The molecule has 0 aliphatic rings. The molecule has 3 N–H and O–H groups in total. The molecule has 0 atom stereocenters. The van der Waals surface area contributed by atoms with Crippen LogP contribution in [0.15, 0.2) is 42.5 Å². The lowest BCUT2D eigenvalue weighted by atomic mass is 10.2. The number of hydrogen-bond acceptors (Lipinski definition) is 5. The zero-order valence-corrected chi connectivity index (χ0v) is 17.7. The number of ether oxygens (including phenoxy) is 1. The van der Waals surface area contributed by atoms with Gasteiger partial charge in [-0.15, -0.1) is 0 Å². The fraction of sp³-hybridized carbons (Fsp3) is 0.368. The van der Waals surface area contributed by atoms with Crippen LogP contribution in [-0.4, -0.2) is 39.9 Å². The van der Waals surface area contributed by atoms with E-state index in [1.807, 2.05) is 6.07 Å². The van der Waals surface area contributed by atoms with Crippen molar-refractivity contribution >= 4 is 44.6 Å². The number of rotatable bonds is 12. The molecule has 0 aliphatic heterocycles. The van der Waals surface area contributed by atoms with Crippen LogP contribution in [0.5, 0.6) is 0 Å². The van der Waals surface area contributed by atoms with Crippen molar-refractivity contribution in [3.05, 3.63) is 58.1 Å². The smallest absolute Gasteiger partial charge is 0.215 e.